The number of hydrogen-bond acceptors (Lipinski definition) is 7. The lowest BCUT2D eigenvalue weighted by Crippen LogP contribution is -2.46. The van der Waals surface area contributed by atoms with Crippen molar-refractivity contribution in [3.8, 4) is 11.3 Å². The molecule has 0 spiro atoms. The van der Waals surface area contributed by atoms with Crippen LogP contribution in [0.3, 0.4) is 0 Å². The van der Waals surface area contributed by atoms with Gasteiger partial charge in [0.2, 0.25) is 0 Å². The van der Waals surface area contributed by atoms with Crippen LogP contribution in [0.2, 0.25) is 0 Å². The molecule has 1 aromatic carbocycles. The molecule has 38 heavy (non-hydrogen) atoms. The predicted octanol–water partition coefficient (Wildman–Crippen LogP) is 6.14. The van der Waals surface area contributed by atoms with E-state index in [9.17, 15) is 18.0 Å². The molecular formula is C28H28F3N3O4. The van der Waals surface area contributed by atoms with Gasteiger partial charge in [0.05, 0.1) is 30.9 Å². The number of halogens is 3. The molecule has 1 saturated carbocycles. The zero-order valence-corrected chi connectivity index (χ0v) is 20.9. The molecule has 1 aliphatic carbocycles. The third-order valence-corrected chi connectivity index (χ3v) is 7.84. The summed E-state index contributed by atoms with van der Waals surface area (Å²) < 4.78 is 58.1. The fourth-order valence-corrected chi connectivity index (χ4v) is 5.92. The highest BCUT2D eigenvalue weighted by Crippen LogP contribution is 2.46. The third-order valence-electron chi connectivity index (χ3n) is 7.84. The molecule has 2 aromatic heterocycles. The van der Waals surface area contributed by atoms with Gasteiger partial charge in [0.1, 0.15) is 17.3 Å². The van der Waals surface area contributed by atoms with Gasteiger partial charge in [-0.1, -0.05) is 23.4 Å². The molecule has 2 saturated heterocycles. The average Bonchev–Trinajstić information content (AvgIpc) is 3.62. The normalized spacial score (nSPS) is 23.1. The van der Waals surface area contributed by atoms with Crippen molar-refractivity contribution in [2.24, 2.45) is 0 Å². The van der Waals surface area contributed by atoms with Crippen molar-refractivity contribution < 1.29 is 32.0 Å². The minimum Gasteiger partial charge on any atom is -0.465 e. The smallest absolute Gasteiger partial charge is 0.417 e. The maximum absolute atomic E-state index is 13.8. The molecule has 2 atom stereocenters. The summed E-state index contributed by atoms with van der Waals surface area (Å²) in [6.07, 6.45) is 2.43. The summed E-state index contributed by atoms with van der Waals surface area (Å²) in [5, 5.41) is 4.10. The topological polar surface area (TPSA) is 77.7 Å². The molecule has 4 heterocycles. The van der Waals surface area contributed by atoms with Crippen LogP contribution in [0.1, 0.15) is 71.7 Å². The Morgan fingerprint density at radius 1 is 1.11 bits per heavy atom. The van der Waals surface area contributed by atoms with Gasteiger partial charge in [-0.25, -0.2) is 9.78 Å². The Labute approximate surface area is 217 Å². The highest BCUT2D eigenvalue weighted by molar-refractivity contribution is 5.90. The van der Waals surface area contributed by atoms with Crippen molar-refractivity contribution in [3.05, 3.63) is 65.0 Å². The standard InChI is InChI=1S/C28H28F3N3O4/c1-36-27(35)17-10-11-32-24(12-17)34-18-8-9-19(34)14-20(13-18)37-15-22-25(33-38-26(22)16-6-7-16)21-4-2-3-5-23(21)28(29,30)31/h2-5,10-12,16,18-20H,6-9,13-15H2,1H3. The molecule has 7 nitrogen and oxygen atoms in total. The van der Waals surface area contributed by atoms with Gasteiger partial charge in [-0.3, -0.25) is 0 Å². The van der Waals surface area contributed by atoms with Gasteiger partial charge >= 0.3 is 12.1 Å². The zero-order valence-electron chi connectivity index (χ0n) is 20.9. The number of esters is 1. The predicted molar refractivity (Wildman–Crippen MR) is 132 cm³/mol. The Bertz CT molecular complexity index is 1320. The summed E-state index contributed by atoms with van der Waals surface area (Å²) in [7, 11) is 1.35. The van der Waals surface area contributed by atoms with Crippen LogP contribution < -0.4 is 4.90 Å². The van der Waals surface area contributed by atoms with Crippen LogP contribution >= 0.6 is 0 Å². The van der Waals surface area contributed by atoms with Crippen molar-refractivity contribution >= 4 is 11.8 Å². The number of fused-ring (bicyclic) bond motifs is 2. The van der Waals surface area contributed by atoms with Gasteiger partial charge < -0.3 is 18.9 Å². The summed E-state index contributed by atoms with van der Waals surface area (Å²) in [6, 6.07) is 9.28. The van der Waals surface area contributed by atoms with Crippen LogP contribution in [0.4, 0.5) is 19.0 Å². The van der Waals surface area contributed by atoms with Crippen molar-refractivity contribution in [1.29, 1.82) is 0 Å². The van der Waals surface area contributed by atoms with Gasteiger partial charge in [0, 0.05) is 35.3 Å². The number of carbonyl (C=O) groups excluding carboxylic acids is 1. The van der Waals surface area contributed by atoms with Gasteiger partial charge in [-0.15, -0.1) is 0 Å². The van der Waals surface area contributed by atoms with E-state index in [0.29, 0.717) is 16.9 Å². The van der Waals surface area contributed by atoms with Crippen LogP contribution in [0, 0.1) is 0 Å². The Morgan fingerprint density at radius 2 is 1.84 bits per heavy atom. The number of nitrogens with zero attached hydrogens (tertiary/aromatic N) is 3. The summed E-state index contributed by atoms with van der Waals surface area (Å²) in [5.74, 6) is 1.17. The molecular weight excluding hydrogens is 499 g/mol. The first-order valence-electron chi connectivity index (χ1n) is 12.9. The summed E-state index contributed by atoms with van der Waals surface area (Å²) in [5.41, 5.74) is 0.572. The fourth-order valence-electron chi connectivity index (χ4n) is 5.92. The van der Waals surface area contributed by atoms with E-state index in [1.807, 2.05) is 0 Å². The number of pyridine rings is 1. The molecule has 200 valence electrons. The lowest BCUT2D eigenvalue weighted by molar-refractivity contribution is -0.137. The fraction of sp³-hybridized carbons (Fsp3) is 0.464. The molecule has 2 unspecified atom stereocenters. The van der Waals surface area contributed by atoms with E-state index < -0.39 is 17.7 Å². The van der Waals surface area contributed by atoms with Gasteiger partial charge in [0.25, 0.3) is 0 Å². The van der Waals surface area contributed by atoms with E-state index >= 15 is 0 Å². The highest BCUT2D eigenvalue weighted by Gasteiger charge is 2.43. The largest absolute Gasteiger partial charge is 0.465 e. The second-order valence-corrected chi connectivity index (χ2v) is 10.3. The number of benzene rings is 1. The highest BCUT2D eigenvalue weighted by atomic mass is 19.4. The molecule has 3 fully saturated rings. The van der Waals surface area contributed by atoms with Crippen LogP contribution in [0.5, 0.6) is 0 Å². The SMILES string of the molecule is COC(=O)c1ccnc(N2C3CCC2CC(OCc2c(-c4ccccc4C(F)(F)F)noc2C2CC2)C3)c1. The first-order valence-corrected chi connectivity index (χ1v) is 12.9. The number of carbonyl (C=O) groups is 1. The number of ether oxygens (including phenoxy) is 2. The van der Waals surface area contributed by atoms with Crippen LogP contribution in [0.15, 0.2) is 47.1 Å². The third kappa shape index (κ3) is 4.66. The van der Waals surface area contributed by atoms with E-state index in [-0.39, 0.29) is 42.0 Å². The molecule has 2 aliphatic heterocycles. The van der Waals surface area contributed by atoms with Crippen molar-refractivity contribution in [3.63, 3.8) is 0 Å². The average molecular weight is 528 g/mol. The molecule has 3 aromatic rings. The van der Waals surface area contributed by atoms with Gasteiger partial charge in [-0.05, 0) is 56.7 Å². The number of methoxy groups -OCH3 is 1. The number of alkyl halides is 3. The Balaban J connectivity index is 1.21. The second-order valence-electron chi connectivity index (χ2n) is 10.3. The Kier molecular flexibility index (Phi) is 6.37. The molecule has 0 radical (unpaired) electrons. The lowest BCUT2D eigenvalue weighted by atomic mass is 9.98. The minimum absolute atomic E-state index is 0.0145. The van der Waals surface area contributed by atoms with Gasteiger partial charge in [-0.2, -0.15) is 13.2 Å². The quantitative estimate of drug-likeness (QED) is 0.342. The summed E-state index contributed by atoms with van der Waals surface area (Å²) in [6.45, 7) is 0.150. The van der Waals surface area contributed by atoms with Crippen LogP contribution in [0.25, 0.3) is 11.3 Å². The molecule has 0 N–H and O–H groups in total. The lowest BCUT2D eigenvalue weighted by Gasteiger charge is -2.39. The summed E-state index contributed by atoms with van der Waals surface area (Å²) in [4.78, 5) is 18.8. The van der Waals surface area contributed by atoms with Crippen molar-refractivity contribution in [2.45, 2.75) is 75.4 Å². The number of hydrogen-bond donors (Lipinski definition) is 0. The monoisotopic (exact) mass is 527 g/mol. The summed E-state index contributed by atoms with van der Waals surface area (Å²) >= 11 is 0. The molecule has 3 aliphatic rings. The van der Waals surface area contributed by atoms with Crippen LogP contribution in [-0.2, 0) is 22.3 Å². The molecule has 6 rings (SSSR count). The number of aromatic nitrogens is 2. The molecule has 10 heteroatoms. The number of rotatable bonds is 7. The van der Waals surface area contributed by atoms with Gasteiger partial charge in [0.15, 0.2) is 0 Å². The van der Waals surface area contributed by atoms with E-state index in [1.54, 1.807) is 24.4 Å². The van der Waals surface area contributed by atoms with E-state index in [0.717, 1.165) is 50.4 Å². The van der Waals surface area contributed by atoms with Crippen molar-refractivity contribution in [1.82, 2.24) is 10.1 Å². The maximum Gasteiger partial charge on any atom is 0.417 e. The van der Waals surface area contributed by atoms with Crippen molar-refractivity contribution in [2.75, 3.05) is 12.0 Å². The van der Waals surface area contributed by atoms with E-state index in [1.165, 1.54) is 19.2 Å². The van der Waals surface area contributed by atoms with Crippen LogP contribution in [-0.4, -0.2) is 41.4 Å². The van der Waals surface area contributed by atoms with E-state index in [2.05, 4.69) is 15.0 Å². The Hall–Kier alpha value is -3.40. The molecule has 0 amide bonds. The Morgan fingerprint density at radius 3 is 2.53 bits per heavy atom. The number of piperidine rings is 1. The minimum atomic E-state index is -4.50. The number of anilines is 1. The zero-order chi connectivity index (χ0) is 26.4. The maximum atomic E-state index is 13.8. The van der Waals surface area contributed by atoms with E-state index in [4.69, 9.17) is 14.0 Å². The second kappa shape index (κ2) is 9.72. The molecule has 2 bridgehead atoms. The first-order chi connectivity index (χ1) is 18.3. The first kappa shape index (κ1) is 24.9.